The Kier molecular flexibility index (Phi) is 2.46. The largest absolute Gasteiger partial charge is 0.300 e. The highest BCUT2D eigenvalue weighted by molar-refractivity contribution is 5.95. The fourth-order valence-corrected chi connectivity index (χ4v) is 1.60. The van der Waals surface area contributed by atoms with E-state index in [-0.39, 0.29) is 11.8 Å². The molecule has 1 atom stereocenters. The van der Waals surface area contributed by atoms with Crippen LogP contribution in [0.15, 0.2) is 36.4 Å². The van der Waals surface area contributed by atoms with Gasteiger partial charge in [0.15, 0.2) is 5.78 Å². The van der Waals surface area contributed by atoms with E-state index in [0.29, 0.717) is 0 Å². The number of carbonyl (C=O) groups is 1. The summed E-state index contributed by atoms with van der Waals surface area (Å²) in [5.74, 6) is 0.139. The van der Waals surface area contributed by atoms with E-state index >= 15 is 0 Å². The minimum atomic E-state index is -0.152. The number of rotatable bonds is 1. The van der Waals surface area contributed by atoms with Crippen molar-refractivity contribution in [1.29, 1.82) is 0 Å². The van der Waals surface area contributed by atoms with E-state index in [9.17, 15) is 4.79 Å². The van der Waals surface area contributed by atoms with E-state index < -0.39 is 0 Å². The molecule has 0 saturated carbocycles. The number of carbonyl (C=O) groups excluding carboxylic acids is 1. The zero-order valence-electron chi connectivity index (χ0n) is 8.16. The summed E-state index contributed by atoms with van der Waals surface area (Å²) in [5, 5.41) is 3.17. The lowest BCUT2D eigenvalue weighted by atomic mass is 9.99. The first-order valence-electron chi connectivity index (χ1n) is 4.78. The Hall–Kier alpha value is -1.41. The molecule has 0 aliphatic carbocycles. The van der Waals surface area contributed by atoms with E-state index in [0.717, 1.165) is 12.1 Å². The van der Waals surface area contributed by atoms with Crippen LogP contribution in [-0.2, 0) is 4.79 Å². The number of hydrogen-bond donors (Lipinski definition) is 1. The van der Waals surface area contributed by atoms with Crippen LogP contribution in [0.3, 0.4) is 0 Å². The van der Waals surface area contributed by atoms with Gasteiger partial charge in [-0.2, -0.15) is 0 Å². The van der Waals surface area contributed by atoms with Crippen LogP contribution in [0.2, 0.25) is 0 Å². The van der Waals surface area contributed by atoms with Crippen molar-refractivity contribution in [3.8, 4) is 0 Å². The Labute approximate surface area is 83.6 Å². The van der Waals surface area contributed by atoms with Gasteiger partial charge in [-0.25, -0.2) is 0 Å². The number of ketones is 1. The predicted octanol–water partition coefficient (Wildman–Crippen LogP) is 1.76. The van der Waals surface area contributed by atoms with Gasteiger partial charge >= 0.3 is 0 Å². The first kappa shape index (κ1) is 9.16. The van der Waals surface area contributed by atoms with Crippen molar-refractivity contribution in [2.75, 3.05) is 6.54 Å². The molecule has 14 heavy (non-hydrogen) atoms. The summed E-state index contributed by atoms with van der Waals surface area (Å²) in [5.41, 5.74) is 2.26. The Morgan fingerprint density at radius 2 is 2.00 bits per heavy atom. The van der Waals surface area contributed by atoms with Crippen molar-refractivity contribution in [2.45, 2.75) is 13.0 Å². The maximum absolute atomic E-state index is 11.5. The minimum absolute atomic E-state index is 0.139. The van der Waals surface area contributed by atoms with Gasteiger partial charge in [0.05, 0.1) is 6.04 Å². The Morgan fingerprint density at radius 3 is 2.64 bits per heavy atom. The van der Waals surface area contributed by atoms with Gasteiger partial charge < -0.3 is 0 Å². The second kappa shape index (κ2) is 3.76. The summed E-state index contributed by atoms with van der Waals surface area (Å²) in [4.78, 5) is 11.5. The van der Waals surface area contributed by atoms with Gasteiger partial charge in [0.2, 0.25) is 0 Å². The van der Waals surface area contributed by atoms with Crippen LogP contribution < -0.4 is 5.32 Å². The highest BCUT2D eigenvalue weighted by Gasteiger charge is 2.19. The van der Waals surface area contributed by atoms with Crippen LogP contribution in [0.1, 0.15) is 17.2 Å². The molecule has 72 valence electrons. The quantitative estimate of drug-likeness (QED) is 0.726. The van der Waals surface area contributed by atoms with Crippen molar-refractivity contribution in [3.05, 3.63) is 47.5 Å². The fourth-order valence-electron chi connectivity index (χ4n) is 1.60. The number of benzene rings is 1. The van der Waals surface area contributed by atoms with Crippen molar-refractivity contribution in [3.63, 3.8) is 0 Å². The van der Waals surface area contributed by atoms with Crippen molar-refractivity contribution in [1.82, 2.24) is 5.32 Å². The van der Waals surface area contributed by atoms with Gasteiger partial charge in [0.25, 0.3) is 0 Å². The molecule has 0 radical (unpaired) electrons. The summed E-state index contributed by atoms with van der Waals surface area (Å²) in [6, 6.07) is 7.92. The van der Waals surface area contributed by atoms with E-state index in [4.69, 9.17) is 0 Å². The molecule has 1 aromatic rings. The van der Waals surface area contributed by atoms with Gasteiger partial charge in [-0.15, -0.1) is 0 Å². The number of nitrogens with one attached hydrogen (secondary N) is 1. The van der Waals surface area contributed by atoms with Crippen LogP contribution in [0.4, 0.5) is 0 Å². The average Bonchev–Trinajstić information content (AvgIpc) is 2.20. The Bertz CT molecular complexity index is 364. The molecule has 0 amide bonds. The highest BCUT2D eigenvalue weighted by Crippen LogP contribution is 2.17. The zero-order chi connectivity index (χ0) is 9.97. The van der Waals surface area contributed by atoms with Crippen LogP contribution in [-0.4, -0.2) is 12.3 Å². The summed E-state index contributed by atoms with van der Waals surface area (Å²) in [7, 11) is 0. The average molecular weight is 187 g/mol. The molecule has 0 fully saturated rings. The van der Waals surface area contributed by atoms with E-state index in [1.54, 1.807) is 6.08 Å². The third kappa shape index (κ3) is 1.75. The Balaban J connectivity index is 2.26. The monoisotopic (exact) mass is 187 g/mol. The SMILES string of the molecule is Cc1ccc(C2NCC=CC2=O)cc1. The fraction of sp³-hybridized carbons (Fsp3) is 0.250. The third-order valence-electron chi connectivity index (χ3n) is 2.42. The third-order valence-corrected chi connectivity index (χ3v) is 2.42. The molecule has 0 aromatic heterocycles. The molecule has 1 unspecified atom stereocenters. The van der Waals surface area contributed by atoms with Gasteiger partial charge in [-0.3, -0.25) is 10.1 Å². The first-order chi connectivity index (χ1) is 6.77. The smallest absolute Gasteiger partial charge is 0.176 e. The molecule has 2 nitrogen and oxygen atoms in total. The van der Waals surface area contributed by atoms with Gasteiger partial charge in [0, 0.05) is 6.54 Å². The molecular weight excluding hydrogens is 174 g/mol. The van der Waals surface area contributed by atoms with Gasteiger partial charge in [-0.05, 0) is 18.6 Å². The molecular formula is C12H13NO. The van der Waals surface area contributed by atoms with E-state index in [1.807, 2.05) is 37.3 Å². The normalized spacial score (nSPS) is 21.2. The highest BCUT2D eigenvalue weighted by atomic mass is 16.1. The summed E-state index contributed by atoms with van der Waals surface area (Å²) in [6.45, 7) is 2.81. The van der Waals surface area contributed by atoms with Crippen molar-refractivity contribution in [2.24, 2.45) is 0 Å². The van der Waals surface area contributed by atoms with Crippen molar-refractivity contribution >= 4 is 5.78 Å². The second-order valence-corrected chi connectivity index (χ2v) is 3.56. The van der Waals surface area contributed by atoms with Gasteiger partial charge in [0.1, 0.15) is 0 Å². The number of hydrogen-bond acceptors (Lipinski definition) is 2. The van der Waals surface area contributed by atoms with Crippen molar-refractivity contribution < 1.29 is 4.79 Å². The molecule has 1 heterocycles. The van der Waals surface area contributed by atoms with Crippen LogP contribution in [0, 0.1) is 6.92 Å². The maximum Gasteiger partial charge on any atom is 0.176 e. The van der Waals surface area contributed by atoms with Crippen LogP contribution in [0.5, 0.6) is 0 Å². The topological polar surface area (TPSA) is 29.1 Å². The molecule has 2 heteroatoms. The lowest BCUT2D eigenvalue weighted by Gasteiger charge is -2.18. The maximum atomic E-state index is 11.5. The molecule has 1 N–H and O–H groups in total. The molecule has 0 bridgehead atoms. The second-order valence-electron chi connectivity index (χ2n) is 3.56. The predicted molar refractivity (Wildman–Crippen MR) is 56.1 cm³/mol. The summed E-state index contributed by atoms with van der Waals surface area (Å²) < 4.78 is 0. The summed E-state index contributed by atoms with van der Waals surface area (Å²) in [6.07, 6.45) is 3.51. The molecule has 1 aromatic carbocycles. The first-order valence-corrected chi connectivity index (χ1v) is 4.78. The lowest BCUT2D eigenvalue weighted by Crippen LogP contribution is -2.31. The molecule has 0 spiro atoms. The van der Waals surface area contributed by atoms with Gasteiger partial charge in [-0.1, -0.05) is 35.9 Å². The minimum Gasteiger partial charge on any atom is -0.300 e. The van der Waals surface area contributed by atoms with Crippen LogP contribution >= 0.6 is 0 Å². The molecule has 2 rings (SSSR count). The summed E-state index contributed by atoms with van der Waals surface area (Å²) >= 11 is 0. The Morgan fingerprint density at radius 1 is 1.29 bits per heavy atom. The molecule has 0 saturated heterocycles. The molecule has 1 aliphatic rings. The van der Waals surface area contributed by atoms with E-state index in [2.05, 4.69) is 5.32 Å². The lowest BCUT2D eigenvalue weighted by molar-refractivity contribution is -0.116. The molecule has 1 aliphatic heterocycles. The van der Waals surface area contributed by atoms with Crippen LogP contribution in [0.25, 0.3) is 0 Å². The zero-order valence-corrected chi connectivity index (χ0v) is 8.16. The standard InChI is InChI=1S/C12H13NO/c1-9-4-6-10(7-5-9)12-11(14)3-2-8-13-12/h2-7,12-13H,8H2,1H3. The van der Waals surface area contributed by atoms with E-state index in [1.165, 1.54) is 5.56 Å². The number of aryl methyl sites for hydroxylation is 1.